The Morgan fingerprint density at radius 3 is 2.45 bits per heavy atom. The van der Waals surface area contributed by atoms with Crippen LogP contribution < -0.4 is 0 Å². The van der Waals surface area contributed by atoms with Gasteiger partial charge in [0.25, 0.3) is 0 Å². The smallest absolute Gasteiger partial charge is 0.308 e. The molecule has 4 nitrogen and oxygen atoms in total. The molecule has 0 heterocycles. The first kappa shape index (κ1) is 10.4. The van der Waals surface area contributed by atoms with E-state index in [-0.39, 0.29) is 6.42 Å². The molecular weight excluding hydrogens is 148 g/mol. The van der Waals surface area contributed by atoms with Gasteiger partial charge in [-0.15, -0.1) is 0 Å². The average molecular weight is 162 g/mol. The fourth-order valence-electron chi connectivity index (χ4n) is 0.561. The van der Waals surface area contributed by atoms with E-state index >= 15 is 0 Å². The fraction of sp³-hybridized carbons (Fsp3) is 0.857. The third-order valence-electron chi connectivity index (χ3n) is 1.24. The third kappa shape index (κ3) is 4.75. The van der Waals surface area contributed by atoms with Crippen molar-refractivity contribution in [2.45, 2.75) is 32.5 Å². The molecule has 0 amide bonds. The number of hydrogen-bond donors (Lipinski definition) is 2. The van der Waals surface area contributed by atoms with Gasteiger partial charge in [0.1, 0.15) is 0 Å². The highest BCUT2D eigenvalue weighted by Gasteiger charge is 2.15. The first-order valence-electron chi connectivity index (χ1n) is 3.59. The van der Waals surface area contributed by atoms with Crippen LogP contribution >= 0.6 is 0 Å². The number of hydrogen-bond acceptors (Lipinski definition) is 4. The zero-order valence-electron chi connectivity index (χ0n) is 6.78. The van der Waals surface area contributed by atoms with Crippen LogP contribution in [0.2, 0.25) is 0 Å². The molecule has 0 aliphatic carbocycles. The summed E-state index contributed by atoms with van der Waals surface area (Å²) in [5.41, 5.74) is 0. The first-order chi connectivity index (χ1) is 5.07. The predicted molar refractivity (Wildman–Crippen MR) is 38.9 cm³/mol. The minimum Gasteiger partial charge on any atom is -0.466 e. The molecule has 0 aliphatic rings. The van der Waals surface area contributed by atoms with Crippen LogP contribution in [0.3, 0.4) is 0 Å². The maximum atomic E-state index is 10.7. The maximum Gasteiger partial charge on any atom is 0.308 e. The summed E-state index contributed by atoms with van der Waals surface area (Å²) >= 11 is 0. The average Bonchev–Trinajstić information content (AvgIpc) is 1.87. The van der Waals surface area contributed by atoms with Gasteiger partial charge in [-0.1, -0.05) is 0 Å². The van der Waals surface area contributed by atoms with Crippen LogP contribution in [0.25, 0.3) is 0 Å². The highest BCUT2D eigenvalue weighted by atomic mass is 16.5. The van der Waals surface area contributed by atoms with Crippen molar-refractivity contribution in [3.63, 3.8) is 0 Å². The van der Waals surface area contributed by atoms with Gasteiger partial charge >= 0.3 is 5.97 Å². The van der Waals surface area contributed by atoms with E-state index < -0.39 is 18.2 Å². The zero-order valence-corrected chi connectivity index (χ0v) is 6.78. The van der Waals surface area contributed by atoms with Gasteiger partial charge in [-0.25, -0.2) is 0 Å². The molecule has 2 atom stereocenters. The number of rotatable bonds is 4. The van der Waals surface area contributed by atoms with Gasteiger partial charge in [0.2, 0.25) is 0 Å². The summed E-state index contributed by atoms with van der Waals surface area (Å²) in [6.45, 7) is 3.40. The lowest BCUT2D eigenvalue weighted by molar-refractivity contribution is -0.146. The van der Waals surface area contributed by atoms with Gasteiger partial charge in [0.05, 0.1) is 25.2 Å². The van der Waals surface area contributed by atoms with Crippen molar-refractivity contribution >= 4 is 5.97 Å². The predicted octanol–water partition coefficient (Wildman–Crippen LogP) is -0.319. The number of aliphatic hydroxyl groups is 2. The second kappa shape index (κ2) is 5.09. The normalized spacial score (nSPS) is 15.6. The highest BCUT2D eigenvalue weighted by Crippen LogP contribution is 1.99. The summed E-state index contributed by atoms with van der Waals surface area (Å²) in [6, 6.07) is 0. The summed E-state index contributed by atoms with van der Waals surface area (Å²) < 4.78 is 4.55. The quantitative estimate of drug-likeness (QED) is 0.556. The highest BCUT2D eigenvalue weighted by molar-refractivity contribution is 5.69. The van der Waals surface area contributed by atoms with E-state index in [4.69, 9.17) is 10.2 Å². The molecule has 0 spiro atoms. The molecule has 0 rings (SSSR count). The summed E-state index contributed by atoms with van der Waals surface area (Å²) in [5.74, 6) is -0.485. The van der Waals surface area contributed by atoms with Gasteiger partial charge in [-0.2, -0.15) is 0 Å². The summed E-state index contributed by atoms with van der Waals surface area (Å²) in [6.07, 6.45) is -2.06. The molecule has 0 aromatic rings. The second-order valence-electron chi connectivity index (χ2n) is 2.32. The molecule has 66 valence electrons. The van der Waals surface area contributed by atoms with Crippen LogP contribution in [0.5, 0.6) is 0 Å². The lowest BCUT2D eigenvalue weighted by Gasteiger charge is -2.11. The summed E-state index contributed by atoms with van der Waals surface area (Å²) in [4.78, 5) is 10.7. The number of aliphatic hydroxyl groups excluding tert-OH is 2. The molecule has 0 aliphatic heterocycles. The van der Waals surface area contributed by atoms with Gasteiger partial charge < -0.3 is 14.9 Å². The van der Waals surface area contributed by atoms with E-state index in [2.05, 4.69) is 4.74 Å². The number of esters is 1. The van der Waals surface area contributed by atoms with Gasteiger partial charge in [-0.3, -0.25) is 4.79 Å². The Balaban J connectivity index is 3.57. The van der Waals surface area contributed by atoms with E-state index in [1.54, 1.807) is 6.92 Å². The molecular formula is C7H14O4. The van der Waals surface area contributed by atoms with Crippen molar-refractivity contribution in [1.82, 2.24) is 0 Å². The van der Waals surface area contributed by atoms with Crippen LogP contribution in [0.15, 0.2) is 0 Å². The largest absolute Gasteiger partial charge is 0.466 e. The lowest BCUT2D eigenvalue weighted by atomic mass is 10.2. The molecule has 0 saturated heterocycles. The molecule has 0 aromatic carbocycles. The van der Waals surface area contributed by atoms with Crippen LogP contribution in [0.1, 0.15) is 20.3 Å². The van der Waals surface area contributed by atoms with E-state index in [0.717, 1.165) is 0 Å². The van der Waals surface area contributed by atoms with Crippen molar-refractivity contribution in [3.8, 4) is 0 Å². The van der Waals surface area contributed by atoms with Crippen LogP contribution in [0, 0.1) is 0 Å². The SMILES string of the molecule is CCOC(=O)CC(O)C(C)O. The van der Waals surface area contributed by atoms with E-state index in [0.29, 0.717) is 6.61 Å². The maximum absolute atomic E-state index is 10.7. The Labute approximate surface area is 65.8 Å². The van der Waals surface area contributed by atoms with Crippen molar-refractivity contribution in [3.05, 3.63) is 0 Å². The first-order valence-corrected chi connectivity index (χ1v) is 3.59. The van der Waals surface area contributed by atoms with E-state index in [1.807, 2.05) is 0 Å². The van der Waals surface area contributed by atoms with Crippen molar-refractivity contribution in [2.24, 2.45) is 0 Å². The summed E-state index contributed by atoms with van der Waals surface area (Å²) in [7, 11) is 0. The summed E-state index contributed by atoms with van der Waals surface area (Å²) in [5, 5.41) is 17.8. The Morgan fingerprint density at radius 2 is 2.09 bits per heavy atom. The number of ether oxygens (including phenoxy) is 1. The Kier molecular flexibility index (Phi) is 4.81. The number of carbonyl (C=O) groups is 1. The van der Waals surface area contributed by atoms with Gasteiger partial charge in [0, 0.05) is 0 Å². The molecule has 0 radical (unpaired) electrons. The topological polar surface area (TPSA) is 66.8 Å². The molecule has 4 heteroatoms. The van der Waals surface area contributed by atoms with Crippen LogP contribution in [-0.2, 0) is 9.53 Å². The molecule has 0 saturated carbocycles. The minimum atomic E-state index is -1.02. The monoisotopic (exact) mass is 162 g/mol. The Morgan fingerprint density at radius 1 is 1.55 bits per heavy atom. The third-order valence-corrected chi connectivity index (χ3v) is 1.24. The number of carbonyl (C=O) groups excluding carboxylic acids is 1. The molecule has 2 unspecified atom stereocenters. The molecule has 11 heavy (non-hydrogen) atoms. The van der Waals surface area contributed by atoms with Crippen LogP contribution in [0.4, 0.5) is 0 Å². The zero-order chi connectivity index (χ0) is 8.85. The Hall–Kier alpha value is -0.610. The fourth-order valence-corrected chi connectivity index (χ4v) is 0.561. The van der Waals surface area contributed by atoms with Gasteiger partial charge in [0.15, 0.2) is 0 Å². The second-order valence-corrected chi connectivity index (χ2v) is 2.32. The van der Waals surface area contributed by atoms with E-state index in [1.165, 1.54) is 6.92 Å². The standard InChI is InChI=1S/C7H14O4/c1-3-11-7(10)4-6(9)5(2)8/h5-6,8-9H,3-4H2,1-2H3. The van der Waals surface area contributed by atoms with Crippen molar-refractivity contribution in [2.75, 3.05) is 6.61 Å². The minimum absolute atomic E-state index is 0.147. The van der Waals surface area contributed by atoms with Crippen LogP contribution in [-0.4, -0.2) is 35.0 Å². The van der Waals surface area contributed by atoms with Crippen molar-refractivity contribution < 1.29 is 19.7 Å². The molecule has 2 N–H and O–H groups in total. The molecule has 0 fully saturated rings. The lowest BCUT2D eigenvalue weighted by Crippen LogP contribution is -2.26. The van der Waals surface area contributed by atoms with Gasteiger partial charge in [-0.05, 0) is 13.8 Å². The molecule has 0 bridgehead atoms. The van der Waals surface area contributed by atoms with E-state index in [9.17, 15) is 4.79 Å². The van der Waals surface area contributed by atoms with Crippen molar-refractivity contribution in [1.29, 1.82) is 0 Å². The molecule has 0 aromatic heterocycles. The Bertz CT molecular complexity index is 122.